The Morgan fingerprint density at radius 3 is 2.56 bits per heavy atom. The van der Waals surface area contributed by atoms with Crippen LogP contribution in [-0.4, -0.2) is 5.25 Å². The number of aryl methyl sites for hydroxylation is 1. The van der Waals surface area contributed by atoms with Crippen molar-refractivity contribution in [3.63, 3.8) is 0 Å². The van der Waals surface area contributed by atoms with Gasteiger partial charge in [-0.3, -0.25) is 0 Å². The van der Waals surface area contributed by atoms with Crippen LogP contribution in [0.3, 0.4) is 0 Å². The molecule has 0 bridgehead atoms. The molecule has 0 fully saturated rings. The van der Waals surface area contributed by atoms with Crippen molar-refractivity contribution in [1.82, 2.24) is 0 Å². The van der Waals surface area contributed by atoms with Crippen LogP contribution < -0.4 is 5.73 Å². The molecule has 2 aromatic carbocycles. The SMILES string of the molecule is Cc1ccc(C(N)C2Cc3ccccc3S2)cc1. The molecule has 0 radical (unpaired) electrons. The lowest BCUT2D eigenvalue weighted by Crippen LogP contribution is -2.23. The molecule has 3 rings (SSSR count). The van der Waals surface area contributed by atoms with Gasteiger partial charge in [-0.2, -0.15) is 0 Å². The summed E-state index contributed by atoms with van der Waals surface area (Å²) in [6.07, 6.45) is 1.08. The molecule has 92 valence electrons. The van der Waals surface area contributed by atoms with Gasteiger partial charge >= 0.3 is 0 Å². The highest BCUT2D eigenvalue weighted by molar-refractivity contribution is 8.00. The molecule has 0 amide bonds. The first-order chi connectivity index (χ1) is 8.74. The summed E-state index contributed by atoms with van der Waals surface area (Å²) in [7, 11) is 0. The predicted octanol–water partition coefficient (Wildman–Crippen LogP) is 3.71. The number of rotatable bonds is 2. The summed E-state index contributed by atoms with van der Waals surface area (Å²) in [5.41, 5.74) is 10.4. The van der Waals surface area contributed by atoms with Crippen molar-refractivity contribution >= 4 is 11.8 Å². The van der Waals surface area contributed by atoms with Crippen molar-refractivity contribution in [2.45, 2.75) is 29.5 Å². The summed E-state index contributed by atoms with van der Waals surface area (Å²) in [4.78, 5) is 1.39. The first-order valence-electron chi connectivity index (χ1n) is 6.31. The summed E-state index contributed by atoms with van der Waals surface area (Å²) >= 11 is 1.92. The van der Waals surface area contributed by atoms with Crippen molar-refractivity contribution in [1.29, 1.82) is 0 Å². The average Bonchev–Trinajstić information content (AvgIpc) is 2.82. The van der Waals surface area contributed by atoms with E-state index in [9.17, 15) is 0 Å². The Labute approximate surface area is 112 Å². The van der Waals surface area contributed by atoms with E-state index >= 15 is 0 Å². The third kappa shape index (κ3) is 2.18. The number of hydrogen-bond acceptors (Lipinski definition) is 2. The Kier molecular flexibility index (Phi) is 3.14. The fourth-order valence-electron chi connectivity index (χ4n) is 2.41. The molecule has 0 saturated carbocycles. The minimum atomic E-state index is 0.114. The van der Waals surface area contributed by atoms with E-state index in [0.717, 1.165) is 6.42 Å². The minimum Gasteiger partial charge on any atom is -0.323 e. The molecule has 1 aliphatic rings. The number of thioether (sulfide) groups is 1. The summed E-state index contributed by atoms with van der Waals surface area (Å²) in [6, 6.07) is 17.3. The van der Waals surface area contributed by atoms with E-state index in [1.807, 2.05) is 11.8 Å². The van der Waals surface area contributed by atoms with E-state index in [2.05, 4.69) is 55.5 Å². The van der Waals surface area contributed by atoms with Crippen LogP contribution in [0.1, 0.15) is 22.7 Å². The van der Waals surface area contributed by atoms with E-state index in [0.29, 0.717) is 5.25 Å². The maximum Gasteiger partial charge on any atom is 0.0422 e. The lowest BCUT2D eigenvalue weighted by atomic mass is 9.99. The molecule has 1 heterocycles. The first-order valence-corrected chi connectivity index (χ1v) is 7.19. The lowest BCUT2D eigenvalue weighted by Gasteiger charge is -2.18. The van der Waals surface area contributed by atoms with E-state index < -0.39 is 0 Å². The monoisotopic (exact) mass is 255 g/mol. The summed E-state index contributed by atoms with van der Waals surface area (Å²) in [5, 5.41) is 0.463. The third-order valence-electron chi connectivity index (χ3n) is 3.53. The number of nitrogens with two attached hydrogens (primary N) is 1. The molecule has 2 unspecified atom stereocenters. The average molecular weight is 255 g/mol. The zero-order chi connectivity index (χ0) is 12.5. The largest absolute Gasteiger partial charge is 0.323 e. The summed E-state index contributed by atoms with van der Waals surface area (Å²) < 4.78 is 0. The molecule has 0 saturated heterocycles. The van der Waals surface area contributed by atoms with E-state index in [1.165, 1.54) is 21.6 Å². The van der Waals surface area contributed by atoms with Crippen LogP contribution in [0.25, 0.3) is 0 Å². The van der Waals surface area contributed by atoms with Gasteiger partial charge in [0.05, 0.1) is 0 Å². The van der Waals surface area contributed by atoms with Gasteiger partial charge in [0, 0.05) is 16.2 Å². The van der Waals surface area contributed by atoms with Gasteiger partial charge in [0.15, 0.2) is 0 Å². The van der Waals surface area contributed by atoms with Gasteiger partial charge in [-0.1, -0.05) is 48.0 Å². The van der Waals surface area contributed by atoms with Crippen LogP contribution in [0.15, 0.2) is 53.4 Å². The molecule has 18 heavy (non-hydrogen) atoms. The first kappa shape index (κ1) is 11.8. The Morgan fingerprint density at radius 1 is 1.11 bits per heavy atom. The second-order valence-electron chi connectivity index (χ2n) is 4.90. The van der Waals surface area contributed by atoms with Gasteiger partial charge in [-0.15, -0.1) is 11.8 Å². The number of hydrogen-bond donors (Lipinski definition) is 1. The Hall–Kier alpha value is -1.25. The second kappa shape index (κ2) is 4.79. The quantitative estimate of drug-likeness (QED) is 0.885. The van der Waals surface area contributed by atoms with Gasteiger partial charge in [-0.05, 0) is 30.5 Å². The van der Waals surface area contributed by atoms with Gasteiger partial charge < -0.3 is 5.73 Å². The fourth-order valence-corrected chi connectivity index (χ4v) is 3.77. The van der Waals surface area contributed by atoms with Crippen LogP contribution in [0.2, 0.25) is 0 Å². The van der Waals surface area contributed by atoms with Gasteiger partial charge in [0.1, 0.15) is 0 Å². The molecule has 2 aromatic rings. The Balaban J connectivity index is 1.80. The molecular formula is C16H17NS. The van der Waals surface area contributed by atoms with Crippen LogP contribution >= 0.6 is 11.8 Å². The highest BCUT2D eigenvalue weighted by Gasteiger charge is 2.27. The second-order valence-corrected chi connectivity index (χ2v) is 6.19. The molecule has 0 spiro atoms. The molecular weight excluding hydrogens is 238 g/mol. The third-order valence-corrected chi connectivity index (χ3v) is 4.95. The van der Waals surface area contributed by atoms with Crippen LogP contribution in [0, 0.1) is 6.92 Å². The normalized spacial score (nSPS) is 19.6. The van der Waals surface area contributed by atoms with Gasteiger partial charge in [-0.25, -0.2) is 0 Å². The minimum absolute atomic E-state index is 0.114. The lowest BCUT2D eigenvalue weighted by molar-refractivity contribution is 0.678. The maximum absolute atomic E-state index is 6.41. The zero-order valence-electron chi connectivity index (χ0n) is 10.5. The topological polar surface area (TPSA) is 26.0 Å². The summed E-state index contributed by atoms with van der Waals surface area (Å²) in [5.74, 6) is 0. The molecule has 0 aliphatic carbocycles. The Morgan fingerprint density at radius 2 is 1.83 bits per heavy atom. The van der Waals surface area contributed by atoms with Crippen molar-refractivity contribution < 1.29 is 0 Å². The van der Waals surface area contributed by atoms with Gasteiger partial charge in [0.2, 0.25) is 0 Å². The maximum atomic E-state index is 6.41. The van der Waals surface area contributed by atoms with Crippen LogP contribution in [-0.2, 0) is 6.42 Å². The van der Waals surface area contributed by atoms with Crippen molar-refractivity contribution in [2.24, 2.45) is 5.73 Å². The summed E-state index contributed by atoms with van der Waals surface area (Å²) in [6.45, 7) is 2.11. The van der Waals surface area contributed by atoms with E-state index in [4.69, 9.17) is 5.73 Å². The fraction of sp³-hybridized carbons (Fsp3) is 0.250. The van der Waals surface area contributed by atoms with Gasteiger partial charge in [0.25, 0.3) is 0 Å². The molecule has 2 heteroatoms. The number of fused-ring (bicyclic) bond motifs is 1. The molecule has 1 aliphatic heterocycles. The van der Waals surface area contributed by atoms with E-state index in [-0.39, 0.29) is 6.04 Å². The molecule has 1 nitrogen and oxygen atoms in total. The standard InChI is InChI=1S/C16H17NS/c1-11-6-8-12(9-7-11)16(17)15-10-13-4-2-3-5-14(13)18-15/h2-9,15-16H,10,17H2,1H3. The highest BCUT2D eigenvalue weighted by Crippen LogP contribution is 2.41. The van der Waals surface area contributed by atoms with Crippen molar-refractivity contribution in [3.05, 3.63) is 65.2 Å². The predicted molar refractivity (Wildman–Crippen MR) is 77.9 cm³/mol. The van der Waals surface area contributed by atoms with Crippen LogP contribution in [0.4, 0.5) is 0 Å². The van der Waals surface area contributed by atoms with Crippen molar-refractivity contribution in [3.8, 4) is 0 Å². The highest BCUT2D eigenvalue weighted by atomic mass is 32.2. The molecule has 2 N–H and O–H groups in total. The van der Waals surface area contributed by atoms with Crippen molar-refractivity contribution in [2.75, 3.05) is 0 Å². The van der Waals surface area contributed by atoms with E-state index in [1.54, 1.807) is 0 Å². The number of benzene rings is 2. The van der Waals surface area contributed by atoms with Crippen LogP contribution in [0.5, 0.6) is 0 Å². The zero-order valence-corrected chi connectivity index (χ0v) is 11.3. The molecule has 0 aromatic heterocycles. The Bertz CT molecular complexity index is 522. The molecule has 2 atom stereocenters. The smallest absolute Gasteiger partial charge is 0.0422 e.